The molecule has 3 heteroatoms. The van der Waals surface area contributed by atoms with Crippen molar-refractivity contribution in [3.8, 4) is 0 Å². The second-order valence-corrected chi connectivity index (χ2v) is 6.86. The van der Waals surface area contributed by atoms with Crippen molar-refractivity contribution in [1.29, 1.82) is 0 Å². The second-order valence-electron chi connectivity index (χ2n) is 4.74. The van der Waals surface area contributed by atoms with Gasteiger partial charge < -0.3 is 0 Å². The van der Waals surface area contributed by atoms with Gasteiger partial charge in [0.25, 0.3) is 0 Å². The van der Waals surface area contributed by atoms with Gasteiger partial charge in [0.2, 0.25) is 0 Å². The molecule has 4 fully saturated rings. The summed E-state index contributed by atoms with van der Waals surface area (Å²) >= 11 is 7.42. The first-order valence-corrected chi connectivity index (χ1v) is 6.83. The average molecular weight is 308 g/mol. The first-order chi connectivity index (χ1) is 6.18. The minimum absolute atomic E-state index is 0.344. The third-order valence-electron chi connectivity index (χ3n) is 4.10. The molecule has 0 heterocycles. The lowest BCUT2D eigenvalue weighted by atomic mass is 9.55. The molecule has 4 aliphatic rings. The Kier molecular flexibility index (Phi) is 1.93. The van der Waals surface area contributed by atoms with Crippen molar-refractivity contribution >= 4 is 37.6 Å². The number of carbonyl (C=O) groups is 1. The minimum Gasteiger partial charge on any atom is -0.299 e. The van der Waals surface area contributed by atoms with Crippen molar-refractivity contribution in [1.82, 2.24) is 0 Å². The van der Waals surface area contributed by atoms with Crippen molar-refractivity contribution in [3.05, 3.63) is 0 Å². The Morgan fingerprint density at radius 1 is 1.00 bits per heavy atom. The van der Waals surface area contributed by atoms with Crippen molar-refractivity contribution in [2.24, 2.45) is 23.7 Å². The van der Waals surface area contributed by atoms with Crippen molar-refractivity contribution in [2.45, 2.75) is 28.9 Å². The number of rotatable bonds is 0. The maximum atomic E-state index is 11.9. The second kappa shape index (κ2) is 2.82. The van der Waals surface area contributed by atoms with E-state index in [2.05, 4.69) is 31.9 Å². The van der Waals surface area contributed by atoms with E-state index in [4.69, 9.17) is 0 Å². The van der Waals surface area contributed by atoms with Crippen LogP contribution in [0, 0.1) is 23.7 Å². The standard InChI is InChI=1S/C10H12Br2O/c11-8-5-1-4-2-6(8)10(13)7(3-4)9(5)12/h4-9H,1-3H2/t4?,5?,6?,7?,8-,9+. The molecule has 0 N–H and O–H groups in total. The Bertz CT molecular complexity index is 244. The van der Waals surface area contributed by atoms with Crippen LogP contribution in [0.25, 0.3) is 0 Å². The molecule has 4 unspecified atom stereocenters. The summed E-state index contributed by atoms with van der Waals surface area (Å²) in [6.07, 6.45) is 3.63. The van der Waals surface area contributed by atoms with Gasteiger partial charge in [0.05, 0.1) is 0 Å². The fraction of sp³-hybridized carbons (Fsp3) is 0.900. The summed E-state index contributed by atoms with van der Waals surface area (Å²) in [6, 6.07) is 0. The van der Waals surface area contributed by atoms with Gasteiger partial charge in [-0.3, -0.25) is 4.79 Å². The van der Waals surface area contributed by atoms with Crippen molar-refractivity contribution in [2.75, 3.05) is 0 Å². The Labute approximate surface area is 94.9 Å². The van der Waals surface area contributed by atoms with Crippen LogP contribution >= 0.6 is 31.9 Å². The van der Waals surface area contributed by atoms with Crippen molar-refractivity contribution < 1.29 is 4.79 Å². The maximum absolute atomic E-state index is 11.9. The SMILES string of the molecule is O=C1C2CC3CC1[C@H](Br)C(C3)[C@@H]2Br. The van der Waals surface area contributed by atoms with Crippen molar-refractivity contribution in [3.63, 3.8) is 0 Å². The summed E-state index contributed by atoms with van der Waals surface area (Å²) in [5.41, 5.74) is 0. The number of Topliss-reactive ketones (excluding diaryl/α,β-unsaturated/α-hetero) is 1. The first kappa shape index (κ1) is 8.90. The van der Waals surface area contributed by atoms with Crippen LogP contribution in [0.15, 0.2) is 0 Å². The lowest BCUT2D eigenvalue weighted by molar-refractivity contribution is -0.138. The number of halogens is 2. The molecule has 0 amide bonds. The number of ketones is 1. The van der Waals surface area contributed by atoms with Crippen LogP contribution in [0.2, 0.25) is 0 Å². The van der Waals surface area contributed by atoms with E-state index in [9.17, 15) is 4.79 Å². The average Bonchev–Trinajstić information content (AvgIpc) is 2.12. The highest BCUT2D eigenvalue weighted by molar-refractivity contribution is 9.10. The van der Waals surface area contributed by atoms with Gasteiger partial charge in [-0.15, -0.1) is 0 Å². The molecule has 0 radical (unpaired) electrons. The molecule has 0 aliphatic heterocycles. The Balaban J connectivity index is 2.01. The third-order valence-corrected chi connectivity index (χ3v) is 6.73. The minimum atomic E-state index is 0.344. The van der Waals surface area contributed by atoms with Gasteiger partial charge in [0.15, 0.2) is 0 Å². The summed E-state index contributed by atoms with van der Waals surface area (Å²) in [7, 11) is 0. The Morgan fingerprint density at radius 2 is 1.54 bits per heavy atom. The lowest BCUT2D eigenvalue weighted by Gasteiger charge is -2.54. The Morgan fingerprint density at radius 3 is 2.08 bits per heavy atom. The zero-order valence-corrected chi connectivity index (χ0v) is 10.4. The molecule has 0 aromatic carbocycles. The van der Waals surface area contributed by atoms with E-state index in [1.165, 1.54) is 6.42 Å². The molecule has 0 saturated heterocycles. The zero-order valence-electron chi connectivity index (χ0n) is 7.25. The molecule has 13 heavy (non-hydrogen) atoms. The van der Waals surface area contributed by atoms with Crippen LogP contribution in [0.4, 0.5) is 0 Å². The number of alkyl halides is 2. The highest BCUT2D eigenvalue weighted by Gasteiger charge is 2.56. The predicted molar refractivity (Wildman–Crippen MR) is 58.2 cm³/mol. The summed E-state index contributed by atoms with van der Waals surface area (Å²) in [4.78, 5) is 12.8. The van der Waals surface area contributed by atoms with Crippen LogP contribution in [0.5, 0.6) is 0 Å². The molecule has 4 rings (SSSR count). The number of carbonyl (C=O) groups excluding carboxylic acids is 1. The molecular weight excluding hydrogens is 296 g/mol. The largest absolute Gasteiger partial charge is 0.299 e. The van der Waals surface area contributed by atoms with Gasteiger partial charge in [0.1, 0.15) is 5.78 Å². The van der Waals surface area contributed by atoms with E-state index in [-0.39, 0.29) is 0 Å². The predicted octanol–water partition coefficient (Wildman–Crippen LogP) is 2.76. The molecule has 4 aliphatic carbocycles. The summed E-state index contributed by atoms with van der Waals surface area (Å²) in [5.74, 6) is 2.77. The lowest BCUT2D eigenvalue weighted by Crippen LogP contribution is -2.57. The van der Waals surface area contributed by atoms with E-state index in [1.807, 2.05) is 0 Å². The van der Waals surface area contributed by atoms with E-state index >= 15 is 0 Å². The van der Waals surface area contributed by atoms with E-state index in [0.717, 1.165) is 18.8 Å². The Hall–Kier alpha value is 0.630. The van der Waals surface area contributed by atoms with Gasteiger partial charge in [-0.25, -0.2) is 0 Å². The van der Waals surface area contributed by atoms with Gasteiger partial charge in [-0.2, -0.15) is 0 Å². The maximum Gasteiger partial charge on any atom is 0.141 e. The quantitative estimate of drug-likeness (QED) is 0.629. The van der Waals surface area contributed by atoms with Gasteiger partial charge in [-0.1, -0.05) is 31.9 Å². The summed E-state index contributed by atoms with van der Waals surface area (Å²) in [6.45, 7) is 0. The summed E-state index contributed by atoms with van der Waals surface area (Å²) in [5, 5.41) is 0. The normalized spacial score (nSPS) is 58.8. The molecule has 1 nitrogen and oxygen atoms in total. The first-order valence-electron chi connectivity index (χ1n) is 5.00. The third kappa shape index (κ3) is 1.06. The van der Waals surface area contributed by atoms with E-state index in [0.29, 0.717) is 33.2 Å². The molecule has 6 atom stereocenters. The molecule has 4 bridgehead atoms. The topological polar surface area (TPSA) is 17.1 Å². The molecular formula is C10H12Br2O. The smallest absolute Gasteiger partial charge is 0.141 e. The summed E-state index contributed by atoms with van der Waals surface area (Å²) < 4.78 is 0. The number of hydrogen-bond acceptors (Lipinski definition) is 1. The van der Waals surface area contributed by atoms with Gasteiger partial charge in [-0.05, 0) is 31.1 Å². The monoisotopic (exact) mass is 306 g/mol. The van der Waals surface area contributed by atoms with E-state index < -0.39 is 0 Å². The molecule has 0 aromatic heterocycles. The molecule has 0 aromatic rings. The molecule has 4 saturated carbocycles. The van der Waals surface area contributed by atoms with E-state index in [1.54, 1.807) is 0 Å². The van der Waals surface area contributed by atoms with Crippen LogP contribution < -0.4 is 0 Å². The highest BCUT2D eigenvalue weighted by atomic mass is 79.9. The molecule has 72 valence electrons. The van der Waals surface area contributed by atoms with Gasteiger partial charge >= 0.3 is 0 Å². The number of hydrogen-bond donors (Lipinski definition) is 0. The van der Waals surface area contributed by atoms with Gasteiger partial charge in [0, 0.05) is 21.5 Å². The molecule has 0 spiro atoms. The van der Waals surface area contributed by atoms with Crippen LogP contribution in [0.1, 0.15) is 19.3 Å². The van der Waals surface area contributed by atoms with Crippen LogP contribution in [-0.4, -0.2) is 15.4 Å². The van der Waals surface area contributed by atoms with Crippen LogP contribution in [0.3, 0.4) is 0 Å². The highest BCUT2D eigenvalue weighted by Crippen LogP contribution is 2.56. The zero-order chi connectivity index (χ0) is 9.16. The van der Waals surface area contributed by atoms with Crippen LogP contribution in [-0.2, 0) is 4.79 Å². The fourth-order valence-electron chi connectivity index (χ4n) is 3.51. The fourth-order valence-corrected chi connectivity index (χ4v) is 5.96.